The van der Waals surface area contributed by atoms with Crippen molar-refractivity contribution in [1.82, 2.24) is 9.80 Å². The summed E-state index contributed by atoms with van der Waals surface area (Å²) in [7, 11) is 3.17. The first-order chi connectivity index (χ1) is 13.7. The molecule has 1 aliphatic rings. The fraction of sp³-hybridized carbons (Fsp3) is 0.150. The normalized spacial score (nSPS) is 13.7. The van der Waals surface area contributed by atoms with Crippen LogP contribution in [0, 0.1) is 0 Å². The summed E-state index contributed by atoms with van der Waals surface area (Å²) < 4.78 is 30.0. The average Bonchev–Trinajstić information content (AvgIpc) is 2.91. The van der Waals surface area contributed by atoms with Gasteiger partial charge in [-0.05, 0) is 30.3 Å². The number of allylic oxidation sites excluding steroid dienone is 1. The molecule has 1 heterocycles. The van der Waals surface area contributed by atoms with Crippen LogP contribution in [0.4, 0.5) is 8.78 Å². The van der Waals surface area contributed by atoms with E-state index in [1.54, 1.807) is 26.2 Å². The van der Waals surface area contributed by atoms with Gasteiger partial charge in [-0.25, -0.2) is 4.90 Å². The maximum Gasteiger partial charge on any atom is 0.387 e. The molecule has 2 aromatic rings. The molecule has 6 nitrogen and oxygen atoms in total. The molecule has 1 aliphatic heterocycles. The highest BCUT2D eigenvalue weighted by atomic mass is 35.5. The molecule has 0 aliphatic carbocycles. The van der Waals surface area contributed by atoms with Gasteiger partial charge in [0.05, 0.1) is 16.7 Å². The molecule has 0 radical (unpaired) electrons. The Morgan fingerprint density at radius 3 is 2.21 bits per heavy atom. The Balaban J connectivity index is 2.11. The van der Waals surface area contributed by atoms with Crippen LogP contribution in [0.2, 0.25) is 5.02 Å². The molecule has 3 rings (SSSR count). The third-order valence-corrected chi connectivity index (χ3v) is 4.29. The number of Topliss-reactive ketones (excluding diaryl/α,β-unsaturated/α-hetero) is 1. The van der Waals surface area contributed by atoms with Crippen molar-refractivity contribution in [2.45, 2.75) is 6.61 Å². The van der Waals surface area contributed by atoms with Gasteiger partial charge in [0.2, 0.25) is 5.78 Å². The lowest BCUT2D eigenvalue weighted by Gasteiger charge is -2.20. The number of carbonyl (C=O) groups excluding carboxylic acids is 3. The third-order valence-electron chi connectivity index (χ3n) is 4.05. The van der Waals surface area contributed by atoms with E-state index in [-0.39, 0.29) is 27.4 Å². The van der Waals surface area contributed by atoms with Crippen molar-refractivity contribution in [3.8, 4) is 5.75 Å². The van der Waals surface area contributed by atoms with Crippen LogP contribution >= 0.6 is 11.6 Å². The predicted molar refractivity (Wildman–Crippen MR) is 101 cm³/mol. The van der Waals surface area contributed by atoms with Crippen LogP contribution in [0.3, 0.4) is 0 Å². The molecule has 0 saturated heterocycles. The van der Waals surface area contributed by atoms with Crippen molar-refractivity contribution in [3.05, 3.63) is 76.1 Å². The molecule has 0 saturated carbocycles. The number of alkyl halides is 2. The lowest BCUT2D eigenvalue weighted by Crippen LogP contribution is -2.34. The summed E-state index contributed by atoms with van der Waals surface area (Å²) in [5.74, 6) is -2.67. The zero-order chi connectivity index (χ0) is 21.3. The van der Waals surface area contributed by atoms with E-state index >= 15 is 0 Å². The maximum absolute atomic E-state index is 13.2. The Kier molecular flexibility index (Phi) is 5.65. The summed E-state index contributed by atoms with van der Waals surface area (Å²) in [5.41, 5.74) is -0.333. The molecule has 0 N–H and O–H groups in total. The number of rotatable bonds is 6. The van der Waals surface area contributed by atoms with Gasteiger partial charge in [0, 0.05) is 25.3 Å². The predicted octanol–water partition coefficient (Wildman–Crippen LogP) is 3.82. The molecule has 0 fully saturated rings. The number of amides is 2. The number of carbonyl (C=O) groups is 3. The highest BCUT2D eigenvalue weighted by molar-refractivity contribution is 6.31. The summed E-state index contributed by atoms with van der Waals surface area (Å²) in [6.07, 6.45) is 1.26. The van der Waals surface area contributed by atoms with Gasteiger partial charge in [0.1, 0.15) is 11.4 Å². The lowest BCUT2D eigenvalue weighted by molar-refractivity contribution is -0.0501. The molecular formula is C20H15ClF2N2O4. The summed E-state index contributed by atoms with van der Waals surface area (Å²) in [6.45, 7) is -3.18. The number of fused-ring (bicyclic) bond motifs is 1. The minimum Gasteiger partial charge on any atom is -0.434 e. The number of nitrogens with zero attached hydrogens (tertiary/aromatic N) is 2. The maximum atomic E-state index is 13.2. The average molecular weight is 421 g/mol. The van der Waals surface area contributed by atoms with Crippen molar-refractivity contribution < 1.29 is 27.9 Å². The lowest BCUT2D eigenvalue weighted by atomic mass is 10.1. The second-order valence-corrected chi connectivity index (χ2v) is 6.75. The van der Waals surface area contributed by atoms with E-state index in [0.717, 1.165) is 17.0 Å². The van der Waals surface area contributed by atoms with E-state index in [1.165, 1.54) is 29.3 Å². The van der Waals surface area contributed by atoms with Crippen LogP contribution in [-0.2, 0) is 0 Å². The number of hydrogen-bond donors (Lipinski definition) is 0. The zero-order valence-electron chi connectivity index (χ0n) is 15.4. The standard InChI is InChI=1S/C20H15ClF2N2O4/c1-24(2)10-15(25-18(27)12-5-3-4-6-13(12)19(25)28)17(26)14-9-11(21)7-8-16(14)29-20(22)23/h3-10,20H,1-2H3. The Bertz CT molecular complexity index is 1000. The minimum absolute atomic E-state index is 0.0986. The van der Waals surface area contributed by atoms with E-state index in [4.69, 9.17) is 11.6 Å². The van der Waals surface area contributed by atoms with E-state index in [0.29, 0.717) is 0 Å². The molecule has 0 unspecified atom stereocenters. The van der Waals surface area contributed by atoms with Gasteiger partial charge in [0.15, 0.2) is 0 Å². The molecule has 0 spiro atoms. The number of ketones is 1. The van der Waals surface area contributed by atoms with E-state index in [2.05, 4.69) is 4.74 Å². The van der Waals surface area contributed by atoms with E-state index < -0.39 is 30.0 Å². The Labute approximate surface area is 169 Å². The fourth-order valence-electron chi connectivity index (χ4n) is 2.89. The van der Waals surface area contributed by atoms with Gasteiger partial charge in [-0.1, -0.05) is 23.7 Å². The minimum atomic E-state index is -3.18. The van der Waals surface area contributed by atoms with Crippen LogP contribution in [0.15, 0.2) is 54.4 Å². The SMILES string of the molecule is CN(C)C=C(C(=O)c1cc(Cl)ccc1OC(F)F)N1C(=O)c2ccccc2C1=O. The van der Waals surface area contributed by atoms with Crippen LogP contribution < -0.4 is 4.74 Å². The van der Waals surface area contributed by atoms with Gasteiger partial charge in [-0.2, -0.15) is 8.78 Å². The summed E-state index contributed by atoms with van der Waals surface area (Å²) >= 11 is 5.93. The van der Waals surface area contributed by atoms with E-state index in [9.17, 15) is 23.2 Å². The Hall–Kier alpha value is -3.26. The Morgan fingerprint density at radius 1 is 1.10 bits per heavy atom. The molecule has 0 atom stereocenters. The molecular weight excluding hydrogens is 406 g/mol. The van der Waals surface area contributed by atoms with E-state index in [1.807, 2.05) is 0 Å². The zero-order valence-corrected chi connectivity index (χ0v) is 16.1. The highest BCUT2D eigenvalue weighted by Gasteiger charge is 2.40. The van der Waals surface area contributed by atoms with Crippen LogP contribution in [-0.4, -0.2) is 48.1 Å². The number of imide groups is 1. The van der Waals surface area contributed by atoms with Crippen molar-refractivity contribution in [2.24, 2.45) is 0 Å². The van der Waals surface area contributed by atoms with Gasteiger partial charge < -0.3 is 9.64 Å². The van der Waals surface area contributed by atoms with Crippen molar-refractivity contribution in [2.75, 3.05) is 14.1 Å². The first kappa shape index (κ1) is 20.5. The summed E-state index contributed by atoms with van der Waals surface area (Å²) in [6, 6.07) is 9.68. The number of benzene rings is 2. The van der Waals surface area contributed by atoms with Gasteiger partial charge in [-0.3, -0.25) is 14.4 Å². The molecule has 2 aromatic carbocycles. The monoisotopic (exact) mass is 420 g/mol. The molecule has 29 heavy (non-hydrogen) atoms. The fourth-order valence-corrected chi connectivity index (χ4v) is 3.06. The number of ether oxygens (including phenoxy) is 1. The highest BCUT2D eigenvalue weighted by Crippen LogP contribution is 2.31. The molecule has 0 aromatic heterocycles. The van der Waals surface area contributed by atoms with Crippen LogP contribution in [0.25, 0.3) is 0 Å². The molecule has 150 valence electrons. The third kappa shape index (κ3) is 3.97. The van der Waals surface area contributed by atoms with Crippen LogP contribution in [0.1, 0.15) is 31.1 Å². The van der Waals surface area contributed by atoms with Crippen molar-refractivity contribution in [1.29, 1.82) is 0 Å². The smallest absolute Gasteiger partial charge is 0.387 e. The van der Waals surface area contributed by atoms with Crippen molar-refractivity contribution in [3.63, 3.8) is 0 Å². The summed E-state index contributed by atoms with van der Waals surface area (Å²) in [5, 5.41) is 0.0986. The molecule has 0 bridgehead atoms. The number of halogens is 3. The first-order valence-electron chi connectivity index (χ1n) is 8.36. The largest absolute Gasteiger partial charge is 0.434 e. The molecule has 2 amide bonds. The first-order valence-corrected chi connectivity index (χ1v) is 8.73. The second kappa shape index (κ2) is 8.00. The summed E-state index contributed by atoms with van der Waals surface area (Å²) in [4.78, 5) is 41.0. The van der Waals surface area contributed by atoms with Crippen molar-refractivity contribution >= 4 is 29.2 Å². The number of hydrogen-bond acceptors (Lipinski definition) is 5. The quantitative estimate of drug-likeness (QED) is 0.404. The van der Waals surface area contributed by atoms with Crippen LogP contribution in [0.5, 0.6) is 5.75 Å². The van der Waals surface area contributed by atoms with Gasteiger partial charge in [-0.15, -0.1) is 0 Å². The van der Waals surface area contributed by atoms with Gasteiger partial charge >= 0.3 is 6.61 Å². The second-order valence-electron chi connectivity index (χ2n) is 6.32. The Morgan fingerprint density at radius 2 is 1.69 bits per heavy atom. The van der Waals surface area contributed by atoms with Gasteiger partial charge in [0.25, 0.3) is 11.8 Å². The topological polar surface area (TPSA) is 66.9 Å². The molecule has 9 heteroatoms.